The van der Waals surface area contributed by atoms with Gasteiger partial charge in [0.2, 0.25) is 0 Å². The molecular weight excluding hydrogens is 214 g/mol. The van der Waals surface area contributed by atoms with E-state index in [0.29, 0.717) is 6.61 Å². The van der Waals surface area contributed by atoms with Gasteiger partial charge in [0.05, 0.1) is 0 Å². The van der Waals surface area contributed by atoms with Crippen LogP contribution in [-0.2, 0) is 0 Å². The van der Waals surface area contributed by atoms with E-state index in [0.717, 1.165) is 19.0 Å². The highest BCUT2D eigenvalue weighted by Gasteiger charge is 2.12. The van der Waals surface area contributed by atoms with Crippen LogP contribution in [0.4, 0.5) is 0 Å². The average Bonchev–Trinajstić information content (AvgIpc) is 2.25. The molecule has 0 bridgehead atoms. The molecule has 2 N–H and O–H groups in total. The van der Waals surface area contributed by atoms with Crippen molar-refractivity contribution < 1.29 is 5.11 Å². The fourth-order valence-electron chi connectivity index (χ4n) is 1.52. The standard InChI is InChI=1S/C10H21NOS2/c12-7-4-2-1-3-6-11-10-5-8-13-14-9-10/h10-12H,1-9H2. The fraction of sp³-hybridized carbons (Fsp3) is 1.00. The van der Waals surface area contributed by atoms with E-state index in [1.165, 1.54) is 37.2 Å². The van der Waals surface area contributed by atoms with E-state index >= 15 is 0 Å². The Morgan fingerprint density at radius 3 is 2.71 bits per heavy atom. The molecule has 4 heteroatoms. The number of rotatable bonds is 7. The Morgan fingerprint density at radius 2 is 2.00 bits per heavy atom. The first-order valence-corrected chi connectivity index (χ1v) is 8.01. The summed E-state index contributed by atoms with van der Waals surface area (Å²) in [5, 5.41) is 12.2. The molecule has 1 heterocycles. The van der Waals surface area contributed by atoms with Crippen molar-refractivity contribution in [1.29, 1.82) is 0 Å². The number of unbranched alkanes of at least 4 members (excludes halogenated alkanes) is 3. The van der Waals surface area contributed by atoms with Crippen LogP contribution in [0.3, 0.4) is 0 Å². The summed E-state index contributed by atoms with van der Waals surface area (Å²) in [7, 11) is 3.99. The average molecular weight is 235 g/mol. The van der Waals surface area contributed by atoms with Crippen LogP contribution in [0.15, 0.2) is 0 Å². The first kappa shape index (κ1) is 12.7. The van der Waals surface area contributed by atoms with Crippen molar-refractivity contribution in [2.45, 2.75) is 38.1 Å². The molecule has 0 aromatic rings. The minimum atomic E-state index is 0.351. The lowest BCUT2D eigenvalue weighted by Crippen LogP contribution is -2.33. The second-order valence-electron chi connectivity index (χ2n) is 3.68. The number of nitrogens with one attached hydrogen (secondary N) is 1. The molecule has 0 radical (unpaired) electrons. The molecule has 0 saturated carbocycles. The van der Waals surface area contributed by atoms with E-state index in [9.17, 15) is 0 Å². The Morgan fingerprint density at radius 1 is 1.14 bits per heavy atom. The van der Waals surface area contributed by atoms with Crippen LogP contribution in [-0.4, -0.2) is 35.8 Å². The maximum absolute atomic E-state index is 8.61. The molecule has 14 heavy (non-hydrogen) atoms. The van der Waals surface area contributed by atoms with Crippen LogP contribution >= 0.6 is 21.6 Å². The zero-order chi connectivity index (χ0) is 10.1. The highest BCUT2D eigenvalue weighted by Crippen LogP contribution is 2.29. The topological polar surface area (TPSA) is 32.3 Å². The fourth-order valence-corrected chi connectivity index (χ4v) is 3.99. The molecule has 0 amide bonds. The summed E-state index contributed by atoms with van der Waals surface area (Å²) in [6.07, 6.45) is 5.98. The van der Waals surface area contributed by atoms with E-state index in [1.54, 1.807) is 0 Å². The Balaban J connectivity index is 1.82. The van der Waals surface area contributed by atoms with Crippen LogP contribution in [0, 0.1) is 0 Å². The van der Waals surface area contributed by atoms with Crippen LogP contribution in [0.2, 0.25) is 0 Å². The smallest absolute Gasteiger partial charge is 0.0431 e. The first-order chi connectivity index (χ1) is 6.93. The highest BCUT2D eigenvalue weighted by atomic mass is 33.1. The maximum atomic E-state index is 8.61. The molecule has 1 fully saturated rings. The van der Waals surface area contributed by atoms with Crippen LogP contribution in [0.25, 0.3) is 0 Å². The van der Waals surface area contributed by atoms with Gasteiger partial charge in [0.15, 0.2) is 0 Å². The van der Waals surface area contributed by atoms with Crippen molar-refractivity contribution in [2.75, 3.05) is 24.7 Å². The van der Waals surface area contributed by atoms with Crippen molar-refractivity contribution in [1.82, 2.24) is 5.32 Å². The third kappa shape index (κ3) is 6.17. The quantitative estimate of drug-likeness (QED) is 0.524. The van der Waals surface area contributed by atoms with E-state index < -0.39 is 0 Å². The van der Waals surface area contributed by atoms with Crippen LogP contribution in [0.1, 0.15) is 32.1 Å². The monoisotopic (exact) mass is 235 g/mol. The SMILES string of the molecule is OCCCCCCNC1CCSSC1. The molecule has 1 aliphatic heterocycles. The minimum Gasteiger partial charge on any atom is -0.396 e. The number of hydrogen-bond donors (Lipinski definition) is 2. The lowest BCUT2D eigenvalue weighted by molar-refractivity contribution is 0.282. The summed E-state index contributed by atoms with van der Waals surface area (Å²) >= 11 is 0. The zero-order valence-corrected chi connectivity index (χ0v) is 10.3. The normalized spacial score (nSPS) is 22.5. The molecule has 1 rings (SSSR count). The van der Waals surface area contributed by atoms with Gasteiger partial charge < -0.3 is 10.4 Å². The summed E-state index contributed by atoms with van der Waals surface area (Å²) in [6.45, 7) is 1.51. The first-order valence-electron chi connectivity index (χ1n) is 5.52. The van der Waals surface area contributed by atoms with Crippen molar-refractivity contribution in [2.24, 2.45) is 0 Å². The minimum absolute atomic E-state index is 0.351. The number of aliphatic hydroxyl groups excluding tert-OH is 1. The number of hydrogen-bond acceptors (Lipinski definition) is 4. The molecule has 1 aliphatic rings. The summed E-state index contributed by atoms with van der Waals surface area (Å²) < 4.78 is 0. The molecule has 1 atom stereocenters. The Hall–Kier alpha value is 0.620. The van der Waals surface area contributed by atoms with Gasteiger partial charge in [-0.05, 0) is 25.8 Å². The molecule has 0 spiro atoms. The highest BCUT2D eigenvalue weighted by molar-refractivity contribution is 8.76. The summed E-state index contributed by atoms with van der Waals surface area (Å²) in [6, 6.07) is 0.749. The molecule has 84 valence electrons. The molecule has 0 aliphatic carbocycles. The second-order valence-corrected chi connectivity index (χ2v) is 6.31. The molecule has 1 unspecified atom stereocenters. The van der Waals surface area contributed by atoms with E-state index in [1.807, 2.05) is 21.6 Å². The second kappa shape index (κ2) is 8.89. The largest absolute Gasteiger partial charge is 0.396 e. The Kier molecular flexibility index (Phi) is 8.06. The maximum Gasteiger partial charge on any atom is 0.0431 e. The van der Waals surface area contributed by atoms with Gasteiger partial charge in [-0.3, -0.25) is 0 Å². The van der Waals surface area contributed by atoms with E-state index in [-0.39, 0.29) is 0 Å². The molecular formula is C10H21NOS2. The van der Waals surface area contributed by atoms with Crippen molar-refractivity contribution >= 4 is 21.6 Å². The lowest BCUT2D eigenvalue weighted by Gasteiger charge is -2.21. The van der Waals surface area contributed by atoms with E-state index in [2.05, 4.69) is 5.32 Å². The van der Waals surface area contributed by atoms with Gasteiger partial charge in [0.25, 0.3) is 0 Å². The van der Waals surface area contributed by atoms with Crippen molar-refractivity contribution in [3.63, 3.8) is 0 Å². The van der Waals surface area contributed by atoms with Crippen molar-refractivity contribution in [3.8, 4) is 0 Å². The zero-order valence-electron chi connectivity index (χ0n) is 8.71. The van der Waals surface area contributed by atoms with Crippen LogP contribution < -0.4 is 5.32 Å². The van der Waals surface area contributed by atoms with Gasteiger partial charge in [0.1, 0.15) is 0 Å². The summed E-state index contributed by atoms with van der Waals surface area (Å²) in [5.41, 5.74) is 0. The predicted octanol–water partition coefficient (Wildman–Crippen LogP) is 2.28. The van der Waals surface area contributed by atoms with E-state index in [4.69, 9.17) is 5.11 Å². The third-order valence-electron chi connectivity index (χ3n) is 2.42. The lowest BCUT2D eigenvalue weighted by atomic mass is 10.2. The van der Waals surface area contributed by atoms with Crippen LogP contribution in [0.5, 0.6) is 0 Å². The Labute approximate surface area is 95.0 Å². The summed E-state index contributed by atoms with van der Waals surface area (Å²) in [4.78, 5) is 0. The van der Waals surface area contributed by atoms with Gasteiger partial charge in [0, 0.05) is 24.2 Å². The van der Waals surface area contributed by atoms with Gasteiger partial charge in [-0.15, -0.1) is 0 Å². The van der Waals surface area contributed by atoms with Gasteiger partial charge in [-0.25, -0.2) is 0 Å². The van der Waals surface area contributed by atoms with Gasteiger partial charge >= 0.3 is 0 Å². The van der Waals surface area contributed by atoms with Gasteiger partial charge in [-0.2, -0.15) is 0 Å². The molecule has 0 aromatic carbocycles. The molecule has 1 saturated heterocycles. The molecule has 2 nitrogen and oxygen atoms in total. The summed E-state index contributed by atoms with van der Waals surface area (Å²) in [5.74, 6) is 2.56. The predicted molar refractivity (Wildman–Crippen MR) is 66.9 cm³/mol. The molecule has 0 aromatic heterocycles. The number of aliphatic hydroxyl groups is 1. The third-order valence-corrected chi connectivity index (χ3v) is 4.94. The Bertz CT molecular complexity index is 129. The van der Waals surface area contributed by atoms with Crippen molar-refractivity contribution in [3.05, 3.63) is 0 Å². The van der Waals surface area contributed by atoms with Gasteiger partial charge in [-0.1, -0.05) is 34.4 Å².